The maximum absolute atomic E-state index is 12.0. The van der Waals surface area contributed by atoms with Crippen molar-refractivity contribution in [3.05, 3.63) is 64.9 Å². The number of pyridine rings is 1. The van der Waals surface area contributed by atoms with E-state index >= 15 is 0 Å². The van der Waals surface area contributed by atoms with Crippen LogP contribution in [0.4, 0.5) is 10.8 Å². The molecule has 0 radical (unpaired) electrons. The molecule has 1 amide bonds. The molecule has 2 heterocycles. The Kier molecular flexibility index (Phi) is 5.12. The van der Waals surface area contributed by atoms with E-state index < -0.39 is 0 Å². The summed E-state index contributed by atoms with van der Waals surface area (Å²) in [6.07, 6.45) is 1.91. The minimum absolute atomic E-state index is 0.0982. The number of benzene rings is 1. The lowest BCUT2D eigenvalue weighted by Gasteiger charge is -2.03. The summed E-state index contributed by atoms with van der Waals surface area (Å²) in [4.78, 5) is 16.1. The smallest absolute Gasteiger partial charge is 0.227 e. The normalized spacial score (nSPS) is 10.4. The Labute approximate surface area is 144 Å². The summed E-state index contributed by atoms with van der Waals surface area (Å²) in [6.45, 7) is 2.44. The second-order valence-corrected chi connectivity index (χ2v) is 6.33. The fourth-order valence-corrected chi connectivity index (χ4v) is 2.87. The second-order valence-electron chi connectivity index (χ2n) is 5.27. The van der Waals surface area contributed by atoms with Gasteiger partial charge in [-0.3, -0.25) is 9.78 Å². The molecule has 0 aliphatic rings. The zero-order valence-electron chi connectivity index (χ0n) is 13.2. The molecule has 3 aromatic rings. The predicted octanol–water partition coefficient (Wildman–Crippen LogP) is 2.84. The predicted molar refractivity (Wildman–Crippen MR) is 94.2 cm³/mol. The van der Waals surface area contributed by atoms with Gasteiger partial charge in [-0.05, 0) is 36.8 Å². The van der Waals surface area contributed by atoms with Crippen molar-refractivity contribution in [2.45, 2.75) is 19.9 Å². The number of aromatic nitrogens is 3. The van der Waals surface area contributed by atoms with Gasteiger partial charge < -0.3 is 10.6 Å². The quantitative estimate of drug-likeness (QED) is 0.722. The molecule has 0 bridgehead atoms. The van der Waals surface area contributed by atoms with Gasteiger partial charge in [0.1, 0.15) is 5.01 Å². The van der Waals surface area contributed by atoms with Crippen LogP contribution in [0.3, 0.4) is 0 Å². The number of hydrogen-bond donors (Lipinski definition) is 2. The molecule has 0 fully saturated rings. The largest absolute Gasteiger partial charge is 0.350 e. The maximum atomic E-state index is 12.0. The molecular weight excluding hydrogens is 322 g/mol. The number of carbonyl (C=O) groups is 1. The minimum Gasteiger partial charge on any atom is -0.350 e. The molecule has 7 heteroatoms. The first-order chi connectivity index (χ1) is 11.7. The van der Waals surface area contributed by atoms with Crippen LogP contribution in [0.15, 0.2) is 48.7 Å². The lowest BCUT2D eigenvalue weighted by Crippen LogP contribution is -2.24. The zero-order valence-corrected chi connectivity index (χ0v) is 14.0. The van der Waals surface area contributed by atoms with E-state index in [1.807, 2.05) is 49.4 Å². The lowest BCUT2D eigenvalue weighted by molar-refractivity contribution is -0.120. The van der Waals surface area contributed by atoms with Crippen LogP contribution in [-0.4, -0.2) is 21.1 Å². The molecule has 122 valence electrons. The van der Waals surface area contributed by atoms with Gasteiger partial charge in [-0.25, -0.2) is 0 Å². The number of carbonyl (C=O) groups excluding carboxylic acids is 1. The molecule has 0 aliphatic carbocycles. The van der Waals surface area contributed by atoms with Gasteiger partial charge in [0, 0.05) is 11.9 Å². The van der Waals surface area contributed by atoms with E-state index in [4.69, 9.17) is 0 Å². The Hall–Kier alpha value is -2.80. The number of nitrogens with zero attached hydrogens (tertiary/aromatic N) is 3. The van der Waals surface area contributed by atoms with Crippen molar-refractivity contribution in [2.75, 3.05) is 5.32 Å². The lowest BCUT2D eigenvalue weighted by atomic mass is 10.2. The van der Waals surface area contributed by atoms with Crippen LogP contribution in [0.2, 0.25) is 0 Å². The van der Waals surface area contributed by atoms with Crippen LogP contribution in [-0.2, 0) is 17.8 Å². The number of nitrogens with one attached hydrogen (secondary N) is 2. The molecule has 0 saturated carbocycles. The van der Waals surface area contributed by atoms with Crippen molar-refractivity contribution in [1.29, 1.82) is 0 Å². The van der Waals surface area contributed by atoms with Gasteiger partial charge in [-0.2, -0.15) is 0 Å². The van der Waals surface area contributed by atoms with Crippen LogP contribution < -0.4 is 10.6 Å². The molecule has 1 aromatic carbocycles. The van der Waals surface area contributed by atoms with Crippen LogP contribution in [0.1, 0.15) is 16.3 Å². The van der Waals surface area contributed by atoms with Gasteiger partial charge in [0.2, 0.25) is 11.0 Å². The number of anilines is 2. The van der Waals surface area contributed by atoms with Crippen molar-refractivity contribution < 1.29 is 4.79 Å². The van der Waals surface area contributed by atoms with Crippen LogP contribution >= 0.6 is 11.3 Å². The Morgan fingerprint density at radius 3 is 2.88 bits per heavy atom. The van der Waals surface area contributed by atoms with Crippen LogP contribution in [0, 0.1) is 6.92 Å². The fraction of sp³-hybridized carbons (Fsp3) is 0.176. The molecule has 0 unspecified atom stereocenters. The van der Waals surface area contributed by atoms with Gasteiger partial charge in [0.05, 0.1) is 18.7 Å². The molecule has 0 saturated heterocycles. The highest BCUT2D eigenvalue weighted by Gasteiger charge is 2.10. The number of aryl methyl sites for hydroxylation is 1. The molecule has 6 nitrogen and oxygen atoms in total. The molecule has 0 atom stereocenters. The standard InChI is InChI=1S/C17H17N5OS/c1-12-5-4-7-13(9-12)20-17-22-21-16(24-17)10-15(23)19-11-14-6-2-3-8-18-14/h2-9H,10-11H2,1H3,(H,19,23)(H,20,22). The molecule has 2 aromatic heterocycles. The van der Waals surface area contributed by atoms with Crippen molar-refractivity contribution in [2.24, 2.45) is 0 Å². The van der Waals surface area contributed by atoms with Gasteiger partial charge in [-0.1, -0.05) is 29.5 Å². The monoisotopic (exact) mass is 339 g/mol. The third-order valence-corrected chi connectivity index (χ3v) is 4.08. The first-order valence-corrected chi connectivity index (χ1v) is 8.33. The molecule has 24 heavy (non-hydrogen) atoms. The minimum atomic E-state index is -0.0982. The number of rotatable bonds is 6. The van der Waals surface area contributed by atoms with E-state index in [1.54, 1.807) is 6.20 Å². The Morgan fingerprint density at radius 2 is 2.08 bits per heavy atom. The Bertz CT molecular complexity index is 819. The van der Waals surface area contributed by atoms with E-state index in [0.29, 0.717) is 16.7 Å². The van der Waals surface area contributed by atoms with Gasteiger partial charge in [-0.15, -0.1) is 10.2 Å². The summed E-state index contributed by atoms with van der Waals surface area (Å²) in [7, 11) is 0. The summed E-state index contributed by atoms with van der Waals surface area (Å²) in [6, 6.07) is 13.6. The molecule has 2 N–H and O–H groups in total. The maximum Gasteiger partial charge on any atom is 0.227 e. The number of amides is 1. The molecule has 3 rings (SSSR count). The van der Waals surface area contributed by atoms with Gasteiger partial charge >= 0.3 is 0 Å². The third kappa shape index (κ3) is 4.60. The summed E-state index contributed by atoms with van der Waals surface area (Å²) in [5, 5.41) is 15.5. The average Bonchev–Trinajstić information content (AvgIpc) is 3.01. The van der Waals surface area contributed by atoms with E-state index in [2.05, 4.69) is 25.8 Å². The molecule has 0 aliphatic heterocycles. The van der Waals surface area contributed by atoms with E-state index in [1.165, 1.54) is 16.9 Å². The van der Waals surface area contributed by atoms with Crippen molar-refractivity contribution in [1.82, 2.24) is 20.5 Å². The Balaban J connectivity index is 1.53. The first kappa shape index (κ1) is 16.1. The highest BCUT2D eigenvalue weighted by molar-refractivity contribution is 7.15. The van der Waals surface area contributed by atoms with Crippen molar-refractivity contribution in [3.8, 4) is 0 Å². The highest BCUT2D eigenvalue weighted by Crippen LogP contribution is 2.21. The fourth-order valence-electron chi connectivity index (χ4n) is 2.11. The zero-order chi connectivity index (χ0) is 16.8. The van der Waals surface area contributed by atoms with Crippen LogP contribution in [0.5, 0.6) is 0 Å². The van der Waals surface area contributed by atoms with Crippen molar-refractivity contribution >= 4 is 28.1 Å². The third-order valence-electron chi connectivity index (χ3n) is 3.24. The SMILES string of the molecule is Cc1cccc(Nc2nnc(CC(=O)NCc3ccccn3)s2)c1. The summed E-state index contributed by atoms with van der Waals surface area (Å²) in [5.41, 5.74) is 2.95. The Morgan fingerprint density at radius 1 is 1.17 bits per heavy atom. The van der Waals surface area contributed by atoms with Crippen LogP contribution in [0.25, 0.3) is 0 Å². The second kappa shape index (κ2) is 7.65. The van der Waals surface area contributed by atoms with Gasteiger partial charge in [0.25, 0.3) is 0 Å². The van der Waals surface area contributed by atoms with E-state index in [9.17, 15) is 4.79 Å². The van der Waals surface area contributed by atoms with E-state index in [-0.39, 0.29) is 12.3 Å². The van der Waals surface area contributed by atoms with Gasteiger partial charge in [0.15, 0.2) is 0 Å². The summed E-state index contributed by atoms with van der Waals surface area (Å²) in [5.74, 6) is -0.0982. The average molecular weight is 339 g/mol. The molecular formula is C17H17N5OS. The number of hydrogen-bond acceptors (Lipinski definition) is 6. The summed E-state index contributed by atoms with van der Waals surface area (Å²) < 4.78 is 0. The van der Waals surface area contributed by atoms with E-state index in [0.717, 1.165) is 11.4 Å². The first-order valence-electron chi connectivity index (χ1n) is 7.52. The highest BCUT2D eigenvalue weighted by atomic mass is 32.1. The molecule has 0 spiro atoms. The van der Waals surface area contributed by atoms with Crippen molar-refractivity contribution in [3.63, 3.8) is 0 Å². The summed E-state index contributed by atoms with van der Waals surface area (Å²) >= 11 is 1.37. The topological polar surface area (TPSA) is 79.8 Å².